The molecule has 2 atom stereocenters. The maximum Gasteiger partial charge on any atom is 0.326 e. The number of hydrogen-bond donors (Lipinski definition) is 2. The van der Waals surface area contributed by atoms with E-state index in [1.165, 1.54) is 10.8 Å². The second kappa shape index (κ2) is 5.52. The summed E-state index contributed by atoms with van der Waals surface area (Å²) >= 11 is 0. The number of carboxylic acids is 1. The average Bonchev–Trinajstić information content (AvgIpc) is 3.01. The molecule has 2 N–H and O–H groups in total. The number of rotatable bonds is 4. The quantitative estimate of drug-likeness (QED) is 0.598. The Morgan fingerprint density at radius 2 is 2.19 bits per heavy atom. The van der Waals surface area contributed by atoms with Crippen LogP contribution >= 0.6 is 0 Å². The lowest BCUT2D eigenvalue weighted by Gasteiger charge is -2.21. The van der Waals surface area contributed by atoms with Crippen LogP contribution in [0.1, 0.15) is 23.8 Å². The largest absolute Gasteiger partial charge is 0.480 e. The van der Waals surface area contributed by atoms with Crippen LogP contribution in [0.2, 0.25) is 0 Å². The Balaban J connectivity index is 2.35. The van der Waals surface area contributed by atoms with Crippen molar-refractivity contribution in [2.24, 2.45) is 0 Å². The van der Waals surface area contributed by atoms with Gasteiger partial charge in [-0.25, -0.2) is 4.79 Å². The van der Waals surface area contributed by atoms with E-state index in [9.17, 15) is 24.8 Å². The maximum absolute atomic E-state index is 12.4. The van der Waals surface area contributed by atoms with Gasteiger partial charge >= 0.3 is 5.97 Å². The molecule has 0 bridgehead atoms. The molecule has 1 aliphatic heterocycles. The highest BCUT2D eigenvalue weighted by molar-refractivity contribution is 5.96. The number of carboxylic acid groups (broad SMARTS) is 1. The van der Waals surface area contributed by atoms with Gasteiger partial charge in [0.05, 0.1) is 17.2 Å². The standard InChI is InChI=1S/C12H15N3O6/c1-2-13-5-7(15(20)21)3-9(13)11(17)14-6-8(16)4-10(14)12(18)19/h3,5,8,10,16H,2,4,6H2,1H3,(H,18,19). The number of aryl methyl sites for hydroxylation is 1. The van der Waals surface area contributed by atoms with Crippen LogP contribution in [0.4, 0.5) is 5.69 Å². The lowest BCUT2D eigenvalue weighted by Crippen LogP contribution is -2.41. The molecule has 1 aromatic rings. The van der Waals surface area contributed by atoms with Crippen molar-refractivity contribution in [1.29, 1.82) is 0 Å². The van der Waals surface area contributed by atoms with Gasteiger partial charge < -0.3 is 19.7 Å². The Hall–Kier alpha value is -2.42. The van der Waals surface area contributed by atoms with Gasteiger partial charge in [0, 0.05) is 25.6 Å². The molecule has 0 saturated carbocycles. The van der Waals surface area contributed by atoms with Crippen LogP contribution in [-0.4, -0.2) is 55.2 Å². The number of aromatic nitrogens is 1. The number of likely N-dealkylation sites (tertiary alicyclic amines) is 1. The molecule has 1 aliphatic rings. The van der Waals surface area contributed by atoms with Gasteiger partial charge in [0.15, 0.2) is 0 Å². The summed E-state index contributed by atoms with van der Waals surface area (Å²) in [6.45, 7) is 1.95. The Bertz CT molecular complexity index is 596. The van der Waals surface area contributed by atoms with Crippen molar-refractivity contribution >= 4 is 17.6 Å². The monoisotopic (exact) mass is 297 g/mol. The lowest BCUT2D eigenvalue weighted by atomic mass is 10.2. The van der Waals surface area contributed by atoms with Gasteiger partial charge in [0.2, 0.25) is 0 Å². The zero-order valence-corrected chi connectivity index (χ0v) is 11.3. The molecule has 1 amide bonds. The molecular formula is C12H15N3O6. The van der Waals surface area contributed by atoms with Crippen molar-refractivity contribution in [1.82, 2.24) is 9.47 Å². The molecule has 1 fully saturated rings. The summed E-state index contributed by atoms with van der Waals surface area (Å²) in [7, 11) is 0. The predicted octanol–water partition coefficient (Wildman–Crippen LogP) is 0.0762. The van der Waals surface area contributed by atoms with Crippen LogP contribution in [0.15, 0.2) is 12.3 Å². The summed E-state index contributed by atoms with van der Waals surface area (Å²) in [6.07, 6.45) is 0.279. The summed E-state index contributed by atoms with van der Waals surface area (Å²) in [6, 6.07) is 0.00174. The first-order chi connectivity index (χ1) is 9.85. The molecule has 2 heterocycles. The van der Waals surface area contributed by atoms with E-state index in [1.807, 2.05) is 0 Å². The van der Waals surface area contributed by atoms with Crippen molar-refractivity contribution in [2.45, 2.75) is 32.0 Å². The molecule has 0 radical (unpaired) electrons. The third kappa shape index (κ3) is 2.72. The number of hydrogen-bond acceptors (Lipinski definition) is 5. The molecule has 114 valence electrons. The topological polar surface area (TPSA) is 126 Å². The zero-order valence-electron chi connectivity index (χ0n) is 11.3. The minimum atomic E-state index is -1.20. The minimum Gasteiger partial charge on any atom is -0.480 e. The van der Waals surface area contributed by atoms with E-state index in [-0.39, 0.29) is 24.3 Å². The molecule has 0 aliphatic carbocycles. The molecule has 2 unspecified atom stereocenters. The number of nitrogens with zero attached hydrogens (tertiary/aromatic N) is 3. The molecule has 0 spiro atoms. The number of aliphatic hydroxyl groups is 1. The summed E-state index contributed by atoms with van der Waals surface area (Å²) in [4.78, 5) is 34.8. The second-order valence-corrected chi connectivity index (χ2v) is 4.83. The maximum atomic E-state index is 12.4. The van der Waals surface area contributed by atoms with Crippen LogP contribution in [0.25, 0.3) is 0 Å². The minimum absolute atomic E-state index is 0.0456. The van der Waals surface area contributed by atoms with Crippen LogP contribution in [0, 0.1) is 10.1 Å². The van der Waals surface area contributed by atoms with E-state index in [2.05, 4.69) is 0 Å². The summed E-state index contributed by atoms with van der Waals surface area (Å²) in [5, 5.41) is 29.4. The molecule has 1 saturated heterocycles. The van der Waals surface area contributed by atoms with Crippen LogP contribution in [0.3, 0.4) is 0 Å². The number of carbonyl (C=O) groups excluding carboxylic acids is 1. The van der Waals surface area contributed by atoms with Crippen LogP contribution in [0.5, 0.6) is 0 Å². The third-order valence-corrected chi connectivity index (χ3v) is 3.48. The number of nitro groups is 1. The van der Waals surface area contributed by atoms with Crippen molar-refractivity contribution in [2.75, 3.05) is 6.54 Å². The van der Waals surface area contributed by atoms with Crippen molar-refractivity contribution < 1.29 is 24.7 Å². The average molecular weight is 297 g/mol. The normalized spacial score (nSPS) is 21.5. The summed E-state index contributed by atoms with van der Waals surface area (Å²) in [5.74, 6) is -1.84. The molecule has 0 aromatic carbocycles. The third-order valence-electron chi connectivity index (χ3n) is 3.48. The Morgan fingerprint density at radius 1 is 1.52 bits per heavy atom. The smallest absolute Gasteiger partial charge is 0.326 e. The Labute approximate surface area is 119 Å². The Morgan fingerprint density at radius 3 is 2.71 bits per heavy atom. The highest BCUT2D eigenvalue weighted by Gasteiger charge is 2.40. The Kier molecular flexibility index (Phi) is 3.94. The van der Waals surface area contributed by atoms with Crippen molar-refractivity contribution in [3.8, 4) is 0 Å². The van der Waals surface area contributed by atoms with E-state index >= 15 is 0 Å². The summed E-state index contributed by atoms with van der Waals surface area (Å²) in [5.41, 5.74) is -0.184. The van der Waals surface area contributed by atoms with Crippen LogP contribution in [-0.2, 0) is 11.3 Å². The SMILES string of the molecule is CCn1cc([N+](=O)[O-])cc1C(=O)N1CC(O)CC1C(=O)O. The lowest BCUT2D eigenvalue weighted by molar-refractivity contribution is -0.384. The van der Waals surface area contributed by atoms with Crippen molar-refractivity contribution in [3.63, 3.8) is 0 Å². The fraction of sp³-hybridized carbons (Fsp3) is 0.500. The van der Waals surface area contributed by atoms with Gasteiger partial charge in [-0.15, -0.1) is 0 Å². The van der Waals surface area contributed by atoms with Gasteiger partial charge in [-0.1, -0.05) is 0 Å². The zero-order chi connectivity index (χ0) is 15.7. The van der Waals surface area contributed by atoms with E-state index in [0.29, 0.717) is 6.54 Å². The molecule has 2 rings (SSSR count). The number of amides is 1. The van der Waals surface area contributed by atoms with Gasteiger partial charge in [-0.3, -0.25) is 14.9 Å². The fourth-order valence-electron chi connectivity index (χ4n) is 2.46. The first-order valence-electron chi connectivity index (χ1n) is 6.41. The van der Waals surface area contributed by atoms with Gasteiger partial charge in [-0.2, -0.15) is 0 Å². The molecule has 1 aromatic heterocycles. The van der Waals surface area contributed by atoms with Gasteiger partial charge in [0.1, 0.15) is 11.7 Å². The van der Waals surface area contributed by atoms with Crippen molar-refractivity contribution in [3.05, 3.63) is 28.1 Å². The molecular weight excluding hydrogens is 282 g/mol. The van der Waals surface area contributed by atoms with E-state index < -0.39 is 28.9 Å². The van der Waals surface area contributed by atoms with E-state index in [4.69, 9.17) is 5.11 Å². The molecule has 9 heteroatoms. The number of β-amino-alcohol motifs (C(OH)–C–C–N with tert-alkyl or cyclic N) is 1. The number of aliphatic hydroxyl groups excluding tert-OH is 1. The number of aliphatic carboxylic acids is 1. The van der Waals surface area contributed by atoms with Gasteiger partial charge in [0.25, 0.3) is 11.6 Å². The highest BCUT2D eigenvalue weighted by Crippen LogP contribution is 2.24. The first kappa shape index (κ1) is 15.0. The first-order valence-corrected chi connectivity index (χ1v) is 6.41. The van der Waals surface area contributed by atoms with E-state index in [1.54, 1.807) is 6.92 Å². The number of carbonyl (C=O) groups is 2. The second-order valence-electron chi connectivity index (χ2n) is 4.83. The highest BCUT2D eigenvalue weighted by atomic mass is 16.6. The fourth-order valence-corrected chi connectivity index (χ4v) is 2.46. The van der Waals surface area contributed by atoms with Crippen LogP contribution < -0.4 is 0 Å². The van der Waals surface area contributed by atoms with Gasteiger partial charge in [-0.05, 0) is 6.92 Å². The summed E-state index contributed by atoms with van der Waals surface area (Å²) < 4.78 is 1.39. The molecule has 9 nitrogen and oxygen atoms in total. The predicted molar refractivity (Wildman–Crippen MR) is 69.8 cm³/mol. The molecule has 21 heavy (non-hydrogen) atoms. The van der Waals surface area contributed by atoms with E-state index in [0.717, 1.165) is 11.0 Å².